The number of hydrogen-bond acceptors (Lipinski definition) is 5. The fraction of sp³-hybridized carbons (Fsp3) is 0.235. The Hall–Kier alpha value is -1.99. The highest BCUT2D eigenvalue weighted by molar-refractivity contribution is 6.58. The maximum Gasteiger partial charge on any atom is 0.488 e. The molecule has 0 amide bonds. The molecule has 1 unspecified atom stereocenters. The fourth-order valence-electron chi connectivity index (χ4n) is 2.50. The summed E-state index contributed by atoms with van der Waals surface area (Å²) in [7, 11) is -1.53. The zero-order chi connectivity index (χ0) is 16.2. The van der Waals surface area contributed by atoms with Crippen LogP contribution in [0.15, 0.2) is 48.5 Å². The second-order valence-corrected chi connectivity index (χ2v) is 5.38. The molecule has 1 fully saturated rings. The minimum atomic E-state index is -1.53. The molecule has 0 aliphatic carbocycles. The zero-order valence-corrected chi connectivity index (χ0v) is 12.5. The van der Waals surface area contributed by atoms with Crippen molar-refractivity contribution >= 4 is 18.4 Å². The minimum absolute atomic E-state index is 0.0850. The van der Waals surface area contributed by atoms with Crippen LogP contribution in [0.4, 0.5) is 0 Å². The second kappa shape index (κ2) is 7.06. The van der Waals surface area contributed by atoms with E-state index in [1.54, 1.807) is 24.3 Å². The average molecular weight is 312 g/mol. The summed E-state index contributed by atoms with van der Waals surface area (Å²) in [5.41, 5.74) is 2.41. The lowest BCUT2D eigenvalue weighted by Gasteiger charge is -2.23. The lowest BCUT2D eigenvalue weighted by molar-refractivity contribution is -0.0901. The summed E-state index contributed by atoms with van der Waals surface area (Å²) < 4.78 is 11.0. The first-order chi connectivity index (χ1) is 11.1. The van der Waals surface area contributed by atoms with E-state index in [0.717, 1.165) is 5.56 Å². The second-order valence-electron chi connectivity index (χ2n) is 5.38. The first kappa shape index (κ1) is 15.9. The Bertz CT molecular complexity index is 660. The van der Waals surface area contributed by atoms with Crippen molar-refractivity contribution in [2.24, 2.45) is 0 Å². The Morgan fingerprint density at radius 1 is 0.957 bits per heavy atom. The van der Waals surface area contributed by atoms with E-state index in [1.165, 1.54) is 12.1 Å². The Morgan fingerprint density at radius 3 is 2.09 bits per heavy atom. The summed E-state index contributed by atoms with van der Waals surface area (Å²) in [6.07, 6.45) is -0.0850. The maximum absolute atomic E-state index is 12.4. The molecule has 2 aromatic carbocycles. The number of carbonyl (C=O) groups is 1. The quantitative estimate of drug-likeness (QED) is 0.641. The Labute approximate surface area is 134 Å². The zero-order valence-electron chi connectivity index (χ0n) is 12.5. The molecule has 1 aliphatic heterocycles. The number of ketones is 1. The van der Waals surface area contributed by atoms with Crippen LogP contribution in [-0.2, 0) is 9.47 Å². The van der Waals surface area contributed by atoms with Gasteiger partial charge < -0.3 is 19.5 Å². The lowest BCUT2D eigenvalue weighted by atomic mass is 9.80. The number of rotatable bonds is 4. The summed E-state index contributed by atoms with van der Waals surface area (Å²) >= 11 is 0. The third-order valence-electron chi connectivity index (χ3n) is 3.83. The molecule has 118 valence electrons. The molecule has 1 heterocycles. The lowest BCUT2D eigenvalue weighted by Crippen LogP contribution is -2.29. The van der Waals surface area contributed by atoms with Crippen LogP contribution in [0.2, 0.25) is 0 Å². The summed E-state index contributed by atoms with van der Waals surface area (Å²) in [4.78, 5) is 12.4. The van der Waals surface area contributed by atoms with Gasteiger partial charge in [-0.05, 0) is 11.0 Å². The Kier molecular flexibility index (Phi) is 4.88. The molecule has 23 heavy (non-hydrogen) atoms. The van der Waals surface area contributed by atoms with Crippen molar-refractivity contribution < 1.29 is 24.3 Å². The molecule has 0 saturated carbocycles. The van der Waals surface area contributed by atoms with Crippen molar-refractivity contribution in [1.29, 1.82) is 0 Å². The van der Waals surface area contributed by atoms with Crippen LogP contribution in [0.1, 0.15) is 27.6 Å². The van der Waals surface area contributed by atoms with Crippen molar-refractivity contribution in [3.8, 4) is 0 Å². The highest BCUT2D eigenvalue weighted by Crippen LogP contribution is 2.21. The van der Waals surface area contributed by atoms with Crippen LogP contribution >= 0.6 is 0 Å². The van der Waals surface area contributed by atoms with Gasteiger partial charge in [0.2, 0.25) is 0 Å². The fourth-order valence-corrected chi connectivity index (χ4v) is 2.50. The Morgan fingerprint density at radius 2 is 1.57 bits per heavy atom. The van der Waals surface area contributed by atoms with Crippen LogP contribution in [0.3, 0.4) is 0 Å². The van der Waals surface area contributed by atoms with E-state index >= 15 is 0 Å². The van der Waals surface area contributed by atoms with Gasteiger partial charge in [0, 0.05) is 11.1 Å². The van der Waals surface area contributed by atoms with Crippen LogP contribution < -0.4 is 5.46 Å². The number of hydrogen-bond donors (Lipinski definition) is 2. The Balaban J connectivity index is 1.74. The predicted molar refractivity (Wildman–Crippen MR) is 85.7 cm³/mol. The highest BCUT2D eigenvalue weighted by atomic mass is 16.6. The normalized spacial score (nSPS) is 17.7. The standard InChI is InChI=1S/C17H17BO5/c19-17(14-5-7-15(8-6-14)18(20)21)13-3-1-12(2-4-13)16-11-22-9-10-23-16/h1-8,16,20-21H,9-11H2. The van der Waals surface area contributed by atoms with E-state index in [0.29, 0.717) is 36.4 Å². The van der Waals surface area contributed by atoms with E-state index in [1.807, 2.05) is 12.1 Å². The molecule has 1 atom stereocenters. The van der Waals surface area contributed by atoms with E-state index < -0.39 is 7.12 Å². The van der Waals surface area contributed by atoms with Gasteiger partial charge in [0.25, 0.3) is 0 Å². The van der Waals surface area contributed by atoms with Crippen molar-refractivity contribution in [2.45, 2.75) is 6.10 Å². The van der Waals surface area contributed by atoms with Gasteiger partial charge in [-0.2, -0.15) is 0 Å². The molecular formula is C17H17BO5. The van der Waals surface area contributed by atoms with E-state index in [-0.39, 0.29) is 11.9 Å². The summed E-state index contributed by atoms with van der Waals surface area (Å²) in [6.45, 7) is 1.72. The number of ether oxygens (including phenoxy) is 2. The van der Waals surface area contributed by atoms with Gasteiger partial charge in [0.1, 0.15) is 6.10 Å². The van der Waals surface area contributed by atoms with Crippen LogP contribution in [-0.4, -0.2) is 42.8 Å². The molecule has 0 bridgehead atoms. The smallest absolute Gasteiger partial charge is 0.423 e. The van der Waals surface area contributed by atoms with E-state index in [2.05, 4.69) is 0 Å². The molecule has 0 radical (unpaired) electrons. The van der Waals surface area contributed by atoms with Crippen LogP contribution in [0.5, 0.6) is 0 Å². The topological polar surface area (TPSA) is 76.0 Å². The van der Waals surface area contributed by atoms with E-state index in [4.69, 9.17) is 19.5 Å². The van der Waals surface area contributed by atoms with Gasteiger partial charge in [-0.15, -0.1) is 0 Å². The molecule has 2 N–H and O–H groups in total. The first-order valence-electron chi connectivity index (χ1n) is 7.45. The van der Waals surface area contributed by atoms with Crippen molar-refractivity contribution in [2.75, 3.05) is 19.8 Å². The van der Waals surface area contributed by atoms with Gasteiger partial charge in [-0.25, -0.2) is 0 Å². The third-order valence-corrected chi connectivity index (χ3v) is 3.83. The summed E-state index contributed by atoms with van der Waals surface area (Å²) in [5, 5.41) is 18.1. The van der Waals surface area contributed by atoms with Crippen LogP contribution in [0, 0.1) is 0 Å². The third kappa shape index (κ3) is 3.68. The van der Waals surface area contributed by atoms with Crippen LogP contribution in [0.25, 0.3) is 0 Å². The van der Waals surface area contributed by atoms with Crippen molar-refractivity contribution in [3.63, 3.8) is 0 Å². The molecule has 5 nitrogen and oxygen atoms in total. The largest absolute Gasteiger partial charge is 0.488 e. The maximum atomic E-state index is 12.4. The SMILES string of the molecule is O=C(c1ccc(B(O)O)cc1)c1ccc(C2COCCO2)cc1. The van der Waals surface area contributed by atoms with Gasteiger partial charge in [-0.3, -0.25) is 4.79 Å². The molecule has 3 rings (SSSR count). The van der Waals surface area contributed by atoms with Gasteiger partial charge >= 0.3 is 7.12 Å². The number of carbonyl (C=O) groups excluding carboxylic acids is 1. The molecule has 0 aromatic heterocycles. The monoisotopic (exact) mass is 312 g/mol. The first-order valence-corrected chi connectivity index (χ1v) is 7.45. The molecular weight excluding hydrogens is 295 g/mol. The molecule has 2 aromatic rings. The molecule has 0 spiro atoms. The van der Waals surface area contributed by atoms with E-state index in [9.17, 15) is 4.79 Å². The molecule has 6 heteroatoms. The average Bonchev–Trinajstić information content (AvgIpc) is 2.62. The summed E-state index contributed by atoms with van der Waals surface area (Å²) in [6, 6.07) is 13.5. The summed E-state index contributed by atoms with van der Waals surface area (Å²) in [5.74, 6) is -0.114. The molecule has 1 aliphatic rings. The van der Waals surface area contributed by atoms with Gasteiger partial charge in [-0.1, -0.05) is 48.5 Å². The molecule has 1 saturated heterocycles. The van der Waals surface area contributed by atoms with Gasteiger partial charge in [0.05, 0.1) is 19.8 Å². The predicted octanol–water partition coefficient (Wildman–Crippen LogP) is 0.685. The van der Waals surface area contributed by atoms with Crippen molar-refractivity contribution in [3.05, 3.63) is 65.2 Å². The highest BCUT2D eigenvalue weighted by Gasteiger charge is 2.17. The number of benzene rings is 2. The van der Waals surface area contributed by atoms with Gasteiger partial charge in [0.15, 0.2) is 5.78 Å². The minimum Gasteiger partial charge on any atom is -0.423 e. The van der Waals surface area contributed by atoms with Crippen molar-refractivity contribution in [1.82, 2.24) is 0 Å².